The summed E-state index contributed by atoms with van der Waals surface area (Å²) in [5, 5.41) is 0.311. The number of rotatable bonds is 4. The highest BCUT2D eigenvalue weighted by atomic mass is 32.1. The van der Waals surface area contributed by atoms with E-state index >= 15 is 0 Å². The number of hydrogen-bond acceptors (Lipinski definition) is 3. The highest BCUT2D eigenvalue weighted by molar-refractivity contribution is 7.80. The molecule has 0 atom stereocenters. The van der Waals surface area contributed by atoms with Gasteiger partial charge < -0.3 is 0 Å². The van der Waals surface area contributed by atoms with Gasteiger partial charge in [0.2, 0.25) is 0 Å². The lowest BCUT2D eigenvalue weighted by Crippen LogP contribution is -2.56. The van der Waals surface area contributed by atoms with Crippen LogP contribution in [0, 0.1) is 0 Å². The van der Waals surface area contributed by atoms with Crippen molar-refractivity contribution in [2.24, 2.45) is 0 Å². The van der Waals surface area contributed by atoms with E-state index in [0.29, 0.717) is 18.2 Å². The van der Waals surface area contributed by atoms with Crippen LogP contribution in [0.15, 0.2) is 12.2 Å². The summed E-state index contributed by atoms with van der Waals surface area (Å²) in [6.45, 7) is 8.51. The molecular formula is C11H16N2O2S. The zero-order chi connectivity index (χ0) is 12.3. The van der Waals surface area contributed by atoms with Crippen molar-refractivity contribution < 1.29 is 9.59 Å². The van der Waals surface area contributed by atoms with Crippen molar-refractivity contribution in [1.82, 2.24) is 9.80 Å². The predicted molar refractivity (Wildman–Crippen MR) is 65.7 cm³/mol. The first-order chi connectivity index (χ1) is 7.54. The maximum atomic E-state index is 11.8. The van der Waals surface area contributed by atoms with Crippen molar-refractivity contribution in [1.29, 1.82) is 0 Å². The van der Waals surface area contributed by atoms with Crippen molar-refractivity contribution >= 4 is 29.1 Å². The second kappa shape index (κ2) is 5.21. The topological polar surface area (TPSA) is 40.6 Å². The molecule has 0 aromatic carbocycles. The molecule has 1 fully saturated rings. The van der Waals surface area contributed by atoms with Gasteiger partial charge in [-0.25, -0.2) is 0 Å². The van der Waals surface area contributed by atoms with E-state index in [2.05, 4.69) is 6.58 Å². The largest absolute Gasteiger partial charge is 0.285 e. The van der Waals surface area contributed by atoms with Gasteiger partial charge >= 0.3 is 0 Å². The molecule has 0 aromatic heterocycles. The fourth-order valence-electron chi connectivity index (χ4n) is 1.58. The average Bonchev–Trinajstić information content (AvgIpc) is 2.28. The standard InChI is InChI=1S/C11H16N2O2S/c1-4-6-12-9(14)8(3)10(15)13(7-5-2)11(12)16/h3-7H2,1-2H3. The smallest absolute Gasteiger partial charge is 0.265 e. The summed E-state index contributed by atoms with van der Waals surface area (Å²) < 4.78 is 0. The van der Waals surface area contributed by atoms with Crippen molar-refractivity contribution in [2.75, 3.05) is 13.1 Å². The molecule has 0 aromatic rings. The molecule has 4 nitrogen and oxygen atoms in total. The van der Waals surface area contributed by atoms with E-state index < -0.39 is 0 Å². The maximum absolute atomic E-state index is 11.8. The summed E-state index contributed by atoms with van der Waals surface area (Å²) in [7, 11) is 0. The molecule has 0 spiro atoms. The van der Waals surface area contributed by atoms with Gasteiger partial charge in [0.25, 0.3) is 11.8 Å². The minimum absolute atomic E-state index is 0.00972. The fourth-order valence-corrected chi connectivity index (χ4v) is 1.93. The Morgan fingerprint density at radius 3 is 1.75 bits per heavy atom. The minimum atomic E-state index is -0.357. The minimum Gasteiger partial charge on any atom is -0.285 e. The van der Waals surface area contributed by atoms with E-state index in [9.17, 15) is 9.59 Å². The van der Waals surface area contributed by atoms with E-state index in [4.69, 9.17) is 12.2 Å². The molecule has 0 saturated carbocycles. The monoisotopic (exact) mass is 240 g/mol. The van der Waals surface area contributed by atoms with Crippen LogP contribution < -0.4 is 0 Å². The van der Waals surface area contributed by atoms with E-state index in [1.807, 2.05) is 13.8 Å². The van der Waals surface area contributed by atoms with Gasteiger partial charge in [-0.2, -0.15) is 0 Å². The van der Waals surface area contributed by atoms with Crippen LogP contribution in [0.2, 0.25) is 0 Å². The zero-order valence-corrected chi connectivity index (χ0v) is 10.5. The Bertz CT molecular complexity index is 322. The Morgan fingerprint density at radius 1 is 1.06 bits per heavy atom. The second-order valence-electron chi connectivity index (χ2n) is 3.67. The van der Waals surface area contributed by atoms with Gasteiger partial charge in [-0.05, 0) is 25.1 Å². The highest BCUT2D eigenvalue weighted by Crippen LogP contribution is 2.16. The molecule has 16 heavy (non-hydrogen) atoms. The average molecular weight is 240 g/mol. The molecule has 0 aliphatic carbocycles. The third kappa shape index (κ3) is 2.14. The molecule has 0 N–H and O–H groups in total. The molecule has 0 bridgehead atoms. The Labute approximate surface area is 101 Å². The number of amides is 2. The van der Waals surface area contributed by atoms with Crippen molar-refractivity contribution in [3.8, 4) is 0 Å². The first-order valence-corrected chi connectivity index (χ1v) is 5.82. The third-order valence-electron chi connectivity index (χ3n) is 2.36. The Morgan fingerprint density at radius 2 is 1.44 bits per heavy atom. The molecule has 0 unspecified atom stereocenters. The molecule has 1 aliphatic rings. The quantitative estimate of drug-likeness (QED) is 0.423. The van der Waals surface area contributed by atoms with Crippen LogP contribution in [-0.2, 0) is 9.59 Å². The molecule has 1 aliphatic heterocycles. The van der Waals surface area contributed by atoms with Crippen LogP contribution in [0.4, 0.5) is 0 Å². The number of carbonyl (C=O) groups is 2. The van der Waals surface area contributed by atoms with Gasteiger partial charge in [0.05, 0.1) is 5.57 Å². The summed E-state index contributed by atoms with van der Waals surface area (Å²) in [4.78, 5) is 26.5. The van der Waals surface area contributed by atoms with Crippen molar-refractivity contribution in [2.45, 2.75) is 26.7 Å². The predicted octanol–water partition coefficient (Wildman–Crippen LogP) is 1.32. The summed E-state index contributed by atoms with van der Waals surface area (Å²) in [6, 6.07) is 0. The van der Waals surface area contributed by atoms with Crippen LogP contribution in [0.3, 0.4) is 0 Å². The van der Waals surface area contributed by atoms with Gasteiger partial charge in [0, 0.05) is 13.1 Å². The van der Waals surface area contributed by atoms with E-state index in [1.165, 1.54) is 9.80 Å². The number of thiocarbonyl (C=S) groups is 1. The molecular weight excluding hydrogens is 224 g/mol. The summed E-state index contributed by atoms with van der Waals surface area (Å²) >= 11 is 5.16. The summed E-state index contributed by atoms with van der Waals surface area (Å²) in [5.41, 5.74) is 0.00972. The molecule has 5 heteroatoms. The highest BCUT2D eigenvalue weighted by Gasteiger charge is 2.37. The van der Waals surface area contributed by atoms with Crippen molar-refractivity contribution in [3.05, 3.63) is 12.2 Å². The molecule has 1 heterocycles. The van der Waals surface area contributed by atoms with Crippen LogP contribution >= 0.6 is 12.2 Å². The first kappa shape index (κ1) is 12.8. The van der Waals surface area contributed by atoms with Crippen LogP contribution in [0.1, 0.15) is 26.7 Å². The molecule has 2 amide bonds. The molecule has 1 rings (SSSR count). The first-order valence-electron chi connectivity index (χ1n) is 5.41. The number of hydrogen-bond donors (Lipinski definition) is 0. The molecule has 0 radical (unpaired) electrons. The van der Waals surface area contributed by atoms with Gasteiger partial charge in [-0.15, -0.1) is 0 Å². The third-order valence-corrected chi connectivity index (χ3v) is 2.80. The lowest BCUT2D eigenvalue weighted by Gasteiger charge is -2.36. The maximum Gasteiger partial charge on any atom is 0.265 e. The van der Waals surface area contributed by atoms with Crippen LogP contribution in [0.5, 0.6) is 0 Å². The fraction of sp³-hybridized carbons (Fsp3) is 0.545. The van der Waals surface area contributed by atoms with Gasteiger partial charge in [0.15, 0.2) is 5.11 Å². The SMILES string of the molecule is C=C1C(=O)N(CCC)C(=S)N(CCC)C1=O. The second-order valence-corrected chi connectivity index (χ2v) is 4.04. The Kier molecular flexibility index (Phi) is 4.18. The van der Waals surface area contributed by atoms with Crippen molar-refractivity contribution in [3.63, 3.8) is 0 Å². The molecule has 88 valence electrons. The molecule has 1 saturated heterocycles. The number of carbonyl (C=O) groups excluding carboxylic acids is 2. The number of nitrogens with zero attached hydrogens (tertiary/aromatic N) is 2. The van der Waals surface area contributed by atoms with Gasteiger partial charge in [0.1, 0.15) is 0 Å². The van der Waals surface area contributed by atoms with E-state index in [1.54, 1.807) is 0 Å². The van der Waals surface area contributed by atoms with E-state index in [0.717, 1.165) is 12.8 Å². The Hall–Kier alpha value is -1.23. The lowest BCUT2D eigenvalue weighted by molar-refractivity contribution is -0.133. The van der Waals surface area contributed by atoms with Crippen LogP contribution in [0.25, 0.3) is 0 Å². The zero-order valence-electron chi connectivity index (χ0n) is 9.65. The Balaban J connectivity index is 2.97. The van der Waals surface area contributed by atoms with Crippen LogP contribution in [-0.4, -0.2) is 39.8 Å². The van der Waals surface area contributed by atoms with Gasteiger partial charge in [-0.1, -0.05) is 20.4 Å². The van der Waals surface area contributed by atoms with Gasteiger partial charge in [-0.3, -0.25) is 19.4 Å². The summed E-state index contributed by atoms with van der Waals surface area (Å²) in [6.07, 6.45) is 1.60. The van der Waals surface area contributed by atoms with E-state index in [-0.39, 0.29) is 17.4 Å². The normalized spacial score (nSPS) is 17.4. The summed E-state index contributed by atoms with van der Waals surface area (Å²) in [5.74, 6) is -0.714. The lowest BCUT2D eigenvalue weighted by atomic mass is 10.1.